The van der Waals surface area contributed by atoms with Crippen molar-refractivity contribution in [1.29, 1.82) is 0 Å². The van der Waals surface area contributed by atoms with Crippen molar-refractivity contribution >= 4 is 22.6 Å². The van der Waals surface area contributed by atoms with Crippen LogP contribution in [0.3, 0.4) is 0 Å². The van der Waals surface area contributed by atoms with Crippen molar-refractivity contribution in [2.24, 2.45) is 0 Å². The Kier molecular flexibility index (Phi) is 4.05. The highest BCUT2D eigenvalue weighted by atomic mass is 32.1. The molecule has 0 aliphatic heterocycles. The van der Waals surface area contributed by atoms with Crippen LogP contribution >= 0.6 is 11.3 Å². The van der Waals surface area contributed by atoms with E-state index in [1.54, 1.807) is 0 Å². The molecule has 16 heavy (non-hydrogen) atoms. The Bertz CT molecular complexity index is 359. The first kappa shape index (κ1) is 12.7. The molecule has 0 unspecified atom stereocenters. The van der Waals surface area contributed by atoms with Crippen molar-refractivity contribution in [3.63, 3.8) is 0 Å². The number of nitrogens with one attached hydrogen (secondary N) is 1. The number of rotatable bonds is 3. The molecular weight excluding hydrogens is 228 g/mol. The van der Waals surface area contributed by atoms with Gasteiger partial charge in [-0.15, -0.1) is 10.2 Å². The third kappa shape index (κ3) is 4.92. The fraction of sp³-hybridized carbons (Fsp3) is 0.667. The summed E-state index contributed by atoms with van der Waals surface area (Å²) in [7, 11) is 0. The number of carbonyl (C=O) groups is 1. The zero-order chi connectivity index (χ0) is 12.2. The number of nitrogens with two attached hydrogens (primary N) is 1. The lowest BCUT2D eigenvalue weighted by Gasteiger charge is -2.19. The van der Waals surface area contributed by atoms with Gasteiger partial charge in [0, 0.05) is 13.0 Å². The number of nitrogen functional groups attached to an aromatic ring is 1. The Morgan fingerprint density at radius 2 is 2.19 bits per heavy atom. The minimum atomic E-state index is -0.475. The van der Waals surface area contributed by atoms with Gasteiger partial charge in [0.1, 0.15) is 10.6 Å². The first-order valence-electron chi connectivity index (χ1n) is 4.91. The van der Waals surface area contributed by atoms with Crippen molar-refractivity contribution in [1.82, 2.24) is 15.5 Å². The van der Waals surface area contributed by atoms with Crippen LogP contribution in [0.5, 0.6) is 0 Å². The number of hydrogen-bond acceptors (Lipinski definition) is 6. The Morgan fingerprint density at radius 3 is 2.69 bits per heavy atom. The minimum absolute atomic E-state index is 0.426. The highest BCUT2D eigenvalue weighted by Crippen LogP contribution is 2.11. The van der Waals surface area contributed by atoms with Gasteiger partial charge in [0.25, 0.3) is 0 Å². The zero-order valence-corrected chi connectivity index (χ0v) is 10.4. The second kappa shape index (κ2) is 5.11. The molecule has 6 nitrogen and oxygen atoms in total. The molecule has 0 aliphatic carbocycles. The number of alkyl carbamates (subject to hydrolysis) is 1. The maximum Gasteiger partial charge on any atom is 0.407 e. The predicted octanol–water partition coefficient (Wildman–Crippen LogP) is 1.19. The topological polar surface area (TPSA) is 90.1 Å². The molecule has 1 amide bonds. The van der Waals surface area contributed by atoms with Gasteiger partial charge in [-0.1, -0.05) is 11.3 Å². The molecule has 0 aliphatic rings. The van der Waals surface area contributed by atoms with Crippen LogP contribution in [0.25, 0.3) is 0 Å². The van der Waals surface area contributed by atoms with Gasteiger partial charge in [-0.05, 0) is 20.8 Å². The van der Waals surface area contributed by atoms with Gasteiger partial charge in [-0.3, -0.25) is 0 Å². The van der Waals surface area contributed by atoms with Crippen LogP contribution in [-0.2, 0) is 11.2 Å². The summed E-state index contributed by atoms with van der Waals surface area (Å²) in [4.78, 5) is 11.3. The fourth-order valence-electron chi connectivity index (χ4n) is 0.953. The zero-order valence-electron chi connectivity index (χ0n) is 9.61. The summed E-state index contributed by atoms with van der Waals surface area (Å²) in [6, 6.07) is 0. The predicted molar refractivity (Wildman–Crippen MR) is 62.3 cm³/mol. The van der Waals surface area contributed by atoms with Crippen molar-refractivity contribution in [2.45, 2.75) is 32.8 Å². The number of aromatic nitrogens is 2. The van der Waals surface area contributed by atoms with Crippen LogP contribution in [0.4, 0.5) is 9.93 Å². The molecule has 1 rings (SSSR count). The molecule has 0 radical (unpaired) electrons. The molecule has 1 aromatic heterocycles. The van der Waals surface area contributed by atoms with E-state index in [2.05, 4.69) is 15.5 Å². The van der Waals surface area contributed by atoms with Gasteiger partial charge >= 0.3 is 6.09 Å². The van der Waals surface area contributed by atoms with Crippen molar-refractivity contribution in [3.8, 4) is 0 Å². The lowest BCUT2D eigenvalue weighted by atomic mass is 10.2. The van der Waals surface area contributed by atoms with Crippen molar-refractivity contribution < 1.29 is 9.53 Å². The second-order valence-electron chi connectivity index (χ2n) is 4.21. The number of ether oxygens (including phenoxy) is 1. The Labute approximate surface area is 98.2 Å². The lowest BCUT2D eigenvalue weighted by Crippen LogP contribution is -2.33. The summed E-state index contributed by atoms with van der Waals surface area (Å²) in [5.74, 6) is 0. The molecule has 90 valence electrons. The number of anilines is 1. The van der Waals surface area contributed by atoms with Crippen molar-refractivity contribution in [3.05, 3.63) is 5.01 Å². The molecule has 0 atom stereocenters. The van der Waals surface area contributed by atoms with E-state index in [0.717, 1.165) is 5.01 Å². The Morgan fingerprint density at radius 1 is 1.50 bits per heavy atom. The standard InChI is InChI=1S/C9H16N4O2S/c1-9(2,3)15-8(14)11-5-4-6-12-13-7(10)16-6/h4-5H2,1-3H3,(H2,10,13)(H,11,14). The van der Waals surface area contributed by atoms with Crippen molar-refractivity contribution in [2.75, 3.05) is 12.3 Å². The Hall–Kier alpha value is -1.37. The number of amides is 1. The quantitative estimate of drug-likeness (QED) is 0.833. The smallest absolute Gasteiger partial charge is 0.407 e. The van der Waals surface area contributed by atoms with E-state index in [1.807, 2.05) is 20.8 Å². The molecule has 1 aromatic rings. The van der Waals surface area contributed by atoms with Crippen LogP contribution < -0.4 is 11.1 Å². The number of hydrogen-bond donors (Lipinski definition) is 2. The molecule has 0 saturated heterocycles. The second-order valence-corrected chi connectivity index (χ2v) is 5.31. The van der Waals surface area contributed by atoms with E-state index in [9.17, 15) is 4.79 Å². The van der Waals surface area contributed by atoms with E-state index in [1.165, 1.54) is 11.3 Å². The van der Waals surface area contributed by atoms with Crippen LogP contribution in [-0.4, -0.2) is 28.4 Å². The monoisotopic (exact) mass is 244 g/mol. The summed E-state index contributed by atoms with van der Waals surface area (Å²) in [5, 5.41) is 11.4. The summed E-state index contributed by atoms with van der Waals surface area (Å²) in [6.45, 7) is 5.91. The van der Waals surface area contributed by atoms with Gasteiger partial charge in [-0.2, -0.15) is 0 Å². The number of nitrogens with zero attached hydrogens (tertiary/aromatic N) is 2. The normalized spacial score (nSPS) is 11.2. The summed E-state index contributed by atoms with van der Waals surface area (Å²) >= 11 is 1.32. The average molecular weight is 244 g/mol. The first-order chi connectivity index (χ1) is 7.37. The van der Waals surface area contributed by atoms with E-state index < -0.39 is 11.7 Å². The van der Waals surface area contributed by atoms with Crippen LogP contribution in [0, 0.1) is 0 Å². The molecule has 0 spiro atoms. The van der Waals surface area contributed by atoms with Crippen LogP contribution in [0.2, 0.25) is 0 Å². The van der Waals surface area contributed by atoms with E-state index in [0.29, 0.717) is 18.1 Å². The molecule has 7 heteroatoms. The van der Waals surface area contributed by atoms with E-state index in [4.69, 9.17) is 10.5 Å². The van der Waals surface area contributed by atoms with Gasteiger partial charge in [0.05, 0.1) is 0 Å². The lowest BCUT2D eigenvalue weighted by molar-refractivity contribution is 0.0528. The Balaban J connectivity index is 2.23. The van der Waals surface area contributed by atoms with Gasteiger partial charge in [0.15, 0.2) is 0 Å². The average Bonchev–Trinajstić information content (AvgIpc) is 2.48. The molecule has 0 saturated carbocycles. The fourth-order valence-corrected chi connectivity index (χ4v) is 1.56. The van der Waals surface area contributed by atoms with Gasteiger partial charge in [0.2, 0.25) is 5.13 Å². The van der Waals surface area contributed by atoms with Gasteiger partial charge in [-0.25, -0.2) is 4.79 Å². The number of carbonyl (C=O) groups excluding carboxylic acids is 1. The molecule has 0 bridgehead atoms. The summed E-state index contributed by atoms with van der Waals surface area (Å²) in [6.07, 6.45) is 0.179. The highest BCUT2D eigenvalue weighted by Gasteiger charge is 2.15. The third-order valence-electron chi connectivity index (χ3n) is 1.49. The summed E-state index contributed by atoms with van der Waals surface area (Å²) < 4.78 is 5.07. The first-order valence-corrected chi connectivity index (χ1v) is 5.73. The third-order valence-corrected chi connectivity index (χ3v) is 2.30. The molecule has 1 heterocycles. The summed E-state index contributed by atoms with van der Waals surface area (Å²) in [5.41, 5.74) is 4.95. The van der Waals surface area contributed by atoms with Crippen LogP contribution in [0.15, 0.2) is 0 Å². The van der Waals surface area contributed by atoms with E-state index >= 15 is 0 Å². The molecule has 0 aromatic carbocycles. The van der Waals surface area contributed by atoms with E-state index in [-0.39, 0.29) is 0 Å². The molecule has 3 N–H and O–H groups in total. The van der Waals surface area contributed by atoms with Crippen LogP contribution in [0.1, 0.15) is 25.8 Å². The molecular formula is C9H16N4O2S. The largest absolute Gasteiger partial charge is 0.444 e. The maximum absolute atomic E-state index is 11.3. The highest BCUT2D eigenvalue weighted by molar-refractivity contribution is 7.15. The minimum Gasteiger partial charge on any atom is -0.444 e. The maximum atomic E-state index is 11.3. The molecule has 0 fully saturated rings. The SMILES string of the molecule is CC(C)(C)OC(=O)NCCc1nnc(N)s1. The van der Waals surface area contributed by atoms with Gasteiger partial charge < -0.3 is 15.8 Å².